The van der Waals surface area contributed by atoms with E-state index in [1.165, 1.54) is 13.2 Å². The standard InChI is InChI=1S/C6H6O2.H2O/c1-5(7)6-3-2-4-8-6;/h2-4H,1H3;1H2. The number of carbonyl (C=O) groups excluding carboxylic acids is 1. The minimum atomic E-state index is -0.0324. The molecule has 0 aliphatic carbocycles. The molecule has 0 saturated heterocycles. The average Bonchev–Trinajstić information content (AvgIpc) is 2.12. The third-order valence-corrected chi connectivity index (χ3v) is 0.868. The van der Waals surface area contributed by atoms with Crippen molar-refractivity contribution >= 4 is 5.78 Å². The molecule has 0 aliphatic heterocycles. The molecule has 1 aromatic heterocycles. The van der Waals surface area contributed by atoms with Crippen LogP contribution in [0.4, 0.5) is 0 Å². The largest absolute Gasteiger partial charge is 0.461 e. The Morgan fingerprint density at radius 2 is 2.33 bits per heavy atom. The molecule has 0 amide bonds. The second kappa shape index (κ2) is 3.04. The predicted molar refractivity (Wildman–Crippen MR) is 32.3 cm³/mol. The lowest BCUT2D eigenvalue weighted by Gasteiger charge is -1.80. The number of hydrogen-bond acceptors (Lipinski definition) is 2. The highest BCUT2D eigenvalue weighted by atomic mass is 16.3. The van der Waals surface area contributed by atoms with E-state index in [9.17, 15) is 4.79 Å². The zero-order chi connectivity index (χ0) is 5.98. The Morgan fingerprint density at radius 3 is 2.56 bits per heavy atom. The van der Waals surface area contributed by atoms with Crippen molar-refractivity contribution in [3.8, 4) is 0 Å². The number of furan rings is 1. The van der Waals surface area contributed by atoms with E-state index in [0.29, 0.717) is 5.76 Å². The van der Waals surface area contributed by atoms with Crippen LogP contribution < -0.4 is 0 Å². The molecule has 9 heavy (non-hydrogen) atoms. The van der Waals surface area contributed by atoms with Crippen LogP contribution in [0.2, 0.25) is 0 Å². The SMILES string of the molecule is CC(=O)c1ccco1.O. The van der Waals surface area contributed by atoms with Gasteiger partial charge in [0.1, 0.15) is 0 Å². The van der Waals surface area contributed by atoms with E-state index >= 15 is 0 Å². The molecular weight excluding hydrogens is 120 g/mol. The third-order valence-electron chi connectivity index (χ3n) is 0.868. The monoisotopic (exact) mass is 128 g/mol. The highest BCUT2D eigenvalue weighted by Crippen LogP contribution is 1.98. The van der Waals surface area contributed by atoms with Crippen LogP contribution >= 0.6 is 0 Å². The van der Waals surface area contributed by atoms with E-state index in [-0.39, 0.29) is 11.3 Å². The fourth-order valence-electron chi connectivity index (χ4n) is 0.479. The van der Waals surface area contributed by atoms with Crippen LogP contribution in [0, 0.1) is 0 Å². The number of ketones is 1. The van der Waals surface area contributed by atoms with Crippen molar-refractivity contribution in [3.05, 3.63) is 24.2 Å². The Hall–Kier alpha value is -1.09. The fraction of sp³-hybridized carbons (Fsp3) is 0.167. The van der Waals surface area contributed by atoms with Crippen molar-refractivity contribution in [1.82, 2.24) is 0 Å². The smallest absolute Gasteiger partial charge is 0.194 e. The Morgan fingerprint density at radius 1 is 1.67 bits per heavy atom. The summed E-state index contributed by atoms with van der Waals surface area (Å²) in [6, 6.07) is 3.33. The molecule has 50 valence electrons. The summed E-state index contributed by atoms with van der Waals surface area (Å²) in [6.45, 7) is 1.47. The molecule has 0 aromatic carbocycles. The Bertz CT molecular complexity index is 176. The maximum atomic E-state index is 10.4. The van der Waals surface area contributed by atoms with Crippen molar-refractivity contribution in [2.45, 2.75) is 6.92 Å². The molecule has 1 rings (SSSR count). The zero-order valence-electron chi connectivity index (χ0n) is 5.05. The first-order valence-corrected chi connectivity index (χ1v) is 2.35. The van der Waals surface area contributed by atoms with Gasteiger partial charge in [0.15, 0.2) is 11.5 Å². The van der Waals surface area contributed by atoms with E-state index < -0.39 is 0 Å². The lowest BCUT2D eigenvalue weighted by Crippen LogP contribution is -1.85. The molecule has 0 bridgehead atoms. The summed E-state index contributed by atoms with van der Waals surface area (Å²) in [5.41, 5.74) is 0. The Labute approximate surface area is 52.6 Å². The van der Waals surface area contributed by atoms with Crippen molar-refractivity contribution in [3.63, 3.8) is 0 Å². The van der Waals surface area contributed by atoms with Crippen LogP contribution in [0.1, 0.15) is 17.5 Å². The maximum absolute atomic E-state index is 10.4. The van der Waals surface area contributed by atoms with Gasteiger partial charge in [-0.3, -0.25) is 4.79 Å². The van der Waals surface area contributed by atoms with Gasteiger partial charge in [0.25, 0.3) is 0 Å². The van der Waals surface area contributed by atoms with E-state index in [0.717, 1.165) is 0 Å². The van der Waals surface area contributed by atoms with Crippen molar-refractivity contribution in [1.29, 1.82) is 0 Å². The summed E-state index contributed by atoms with van der Waals surface area (Å²) in [7, 11) is 0. The number of Topliss-reactive ketones (excluding diaryl/α,β-unsaturated/α-hetero) is 1. The summed E-state index contributed by atoms with van der Waals surface area (Å²) >= 11 is 0. The molecule has 0 spiro atoms. The maximum Gasteiger partial charge on any atom is 0.194 e. The predicted octanol–water partition coefficient (Wildman–Crippen LogP) is 0.657. The molecule has 0 radical (unpaired) electrons. The van der Waals surface area contributed by atoms with Gasteiger partial charge in [-0.1, -0.05) is 0 Å². The molecule has 0 atom stereocenters. The molecule has 1 heterocycles. The van der Waals surface area contributed by atoms with Gasteiger partial charge in [-0.05, 0) is 12.1 Å². The van der Waals surface area contributed by atoms with Gasteiger partial charge in [-0.15, -0.1) is 0 Å². The van der Waals surface area contributed by atoms with Crippen LogP contribution in [-0.4, -0.2) is 11.3 Å². The lowest BCUT2D eigenvalue weighted by atomic mass is 10.3. The van der Waals surface area contributed by atoms with Crippen LogP contribution in [0.15, 0.2) is 22.8 Å². The summed E-state index contributed by atoms with van der Waals surface area (Å²) < 4.78 is 4.75. The lowest BCUT2D eigenvalue weighted by molar-refractivity contribution is 0.0987. The van der Waals surface area contributed by atoms with Gasteiger partial charge >= 0.3 is 0 Å². The first-order valence-electron chi connectivity index (χ1n) is 2.35. The van der Waals surface area contributed by atoms with Crippen LogP contribution in [0.5, 0.6) is 0 Å². The molecule has 2 N–H and O–H groups in total. The van der Waals surface area contributed by atoms with Crippen LogP contribution in [-0.2, 0) is 0 Å². The second-order valence-corrected chi connectivity index (χ2v) is 1.53. The van der Waals surface area contributed by atoms with Crippen molar-refractivity contribution in [2.75, 3.05) is 0 Å². The van der Waals surface area contributed by atoms with Gasteiger partial charge in [0.05, 0.1) is 6.26 Å². The summed E-state index contributed by atoms with van der Waals surface area (Å²) in [5.74, 6) is 0.389. The van der Waals surface area contributed by atoms with E-state index in [2.05, 4.69) is 0 Å². The number of rotatable bonds is 1. The topological polar surface area (TPSA) is 61.7 Å². The van der Waals surface area contributed by atoms with Crippen LogP contribution in [0.3, 0.4) is 0 Å². The number of hydrogen-bond donors (Lipinski definition) is 0. The Balaban J connectivity index is 0.000000640. The van der Waals surface area contributed by atoms with Gasteiger partial charge in [0.2, 0.25) is 0 Å². The summed E-state index contributed by atoms with van der Waals surface area (Å²) in [4.78, 5) is 10.4. The highest BCUT2D eigenvalue weighted by molar-refractivity contribution is 5.91. The van der Waals surface area contributed by atoms with Gasteiger partial charge in [-0.2, -0.15) is 0 Å². The number of carbonyl (C=O) groups is 1. The van der Waals surface area contributed by atoms with Gasteiger partial charge in [-0.25, -0.2) is 0 Å². The molecule has 3 heteroatoms. The minimum absolute atomic E-state index is 0. The van der Waals surface area contributed by atoms with E-state index in [1.54, 1.807) is 12.1 Å². The van der Waals surface area contributed by atoms with Crippen LogP contribution in [0.25, 0.3) is 0 Å². The summed E-state index contributed by atoms with van der Waals surface area (Å²) in [5, 5.41) is 0. The first-order chi connectivity index (χ1) is 3.80. The van der Waals surface area contributed by atoms with Crippen molar-refractivity contribution < 1.29 is 14.7 Å². The molecular formula is C6H8O3. The van der Waals surface area contributed by atoms with E-state index in [1.807, 2.05) is 0 Å². The second-order valence-electron chi connectivity index (χ2n) is 1.53. The quantitative estimate of drug-likeness (QED) is 0.521. The minimum Gasteiger partial charge on any atom is -0.461 e. The molecule has 0 fully saturated rings. The molecule has 0 aliphatic rings. The van der Waals surface area contributed by atoms with Gasteiger partial charge in [0, 0.05) is 6.92 Å². The Kier molecular flexibility index (Phi) is 2.67. The average molecular weight is 128 g/mol. The zero-order valence-corrected chi connectivity index (χ0v) is 5.05. The molecule has 0 unspecified atom stereocenters. The normalized spacial score (nSPS) is 8.11. The first kappa shape index (κ1) is 7.91. The molecule has 0 saturated carbocycles. The third kappa shape index (κ3) is 1.70. The summed E-state index contributed by atoms with van der Waals surface area (Å²) in [6.07, 6.45) is 1.48. The van der Waals surface area contributed by atoms with Crippen molar-refractivity contribution in [2.24, 2.45) is 0 Å². The van der Waals surface area contributed by atoms with E-state index in [4.69, 9.17) is 4.42 Å². The molecule has 3 nitrogen and oxygen atoms in total. The molecule has 1 aromatic rings. The van der Waals surface area contributed by atoms with Gasteiger partial charge < -0.3 is 9.89 Å². The highest BCUT2D eigenvalue weighted by Gasteiger charge is 1.97. The fourth-order valence-corrected chi connectivity index (χ4v) is 0.479.